The largest absolute Gasteiger partial charge is 0.457 e. The summed E-state index contributed by atoms with van der Waals surface area (Å²) in [4.78, 5) is 17.2. The normalized spacial score (nSPS) is 16.9. The van der Waals surface area contributed by atoms with E-state index in [1.165, 1.54) is 11.8 Å². The zero-order valence-corrected chi connectivity index (χ0v) is 17.8. The molecule has 0 bridgehead atoms. The minimum absolute atomic E-state index is 0.185. The van der Waals surface area contributed by atoms with Gasteiger partial charge in [0.2, 0.25) is 0 Å². The first-order valence-corrected chi connectivity index (χ1v) is 10.4. The van der Waals surface area contributed by atoms with Crippen molar-refractivity contribution in [1.29, 1.82) is 0 Å². The Bertz CT molecular complexity index is 1070. The smallest absolute Gasteiger partial charge is 0.264 e. The van der Waals surface area contributed by atoms with Crippen LogP contribution < -0.4 is 5.32 Å². The molecule has 1 aliphatic rings. The Morgan fingerprint density at radius 2 is 1.81 bits per heavy atom. The number of carbonyl (C=O) groups excluding carboxylic acids is 1. The monoisotopic (exact) mass is 502 g/mol. The molecule has 1 aromatic heterocycles. The summed E-state index contributed by atoms with van der Waals surface area (Å²) in [6.45, 7) is 0. The summed E-state index contributed by atoms with van der Waals surface area (Å²) in [5, 5.41) is 3.33. The molecule has 1 aliphatic heterocycles. The molecule has 0 spiro atoms. The van der Waals surface area contributed by atoms with Gasteiger partial charge in [-0.2, -0.15) is 0 Å². The van der Waals surface area contributed by atoms with Crippen molar-refractivity contribution in [2.45, 2.75) is 0 Å². The fourth-order valence-electron chi connectivity index (χ4n) is 2.47. The minimum atomic E-state index is -0.185. The number of hydrogen-bond donors (Lipinski definition) is 1. The highest BCUT2D eigenvalue weighted by atomic mass is 79.9. The topological polar surface area (TPSA) is 54.6 Å². The molecule has 0 saturated carbocycles. The third-order valence-corrected chi connectivity index (χ3v) is 5.65. The van der Waals surface area contributed by atoms with Crippen LogP contribution in [0.3, 0.4) is 0 Å². The van der Waals surface area contributed by atoms with Crippen LogP contribution in [0.1, 0.15) is 5.76 Å². The van der Waals surface area contributed by atoms with Crippen molar-refractivity contribution in [3.8, 4) is 11.3 Å². The van der Waals surface area contributed by atoms with E-state index in [1.807, 2.05) is 60.7 Å². The van der Waals surface area contributed by atoms with Crippen LogP contribution in [-0.2, 0) is 4.79 Å². The van der Waals surface area contributed by atoms with Crippen LogP contribution in [0.25, 0.3) is 17.4 Å². The number of hydrogen-bond acceptors (Lipinski definition) is 4. The molecule has 0 radical (unpaired) electrons. The highest BCUT2D eigenvalue weighted by molar-refractivity contribution is 9.10. The Kier molecular flexibility index (Phi) is 5.33. The number of rotatable bonds is 3. The third-order valence-electron chi connectivity index (χ3n) is 3.72. The van der Waals surface area contributed by atoms with Crippen LogP contribution in [0.4, 0.5) is 5.69 Å². The van der Waals surface area contributed by atoms with E-state index in [1.54, 1.807) is 6.08 Å². The number of carbonyl (C=O) groups is 1. The molecule has 0 aliphatic carbocycles. The predicted molar refractivity (Wildman–Crippen MR) is 117 cm³/mol. The van der Waals surface area contributed by atoms with Crippen LogP contribution in [0.5, 0.6) is 0 Å². The molecule has 134 valence electrons. The van der Waals surface area contributed by atoms with Crippen LogP contribution in [0.2, 0.25) is 0 Å². The van der Waals surface area contributed by atoms with E-state index in [9.17, 15) is 4.79 Å². The molecular weight excluding hydrogens is 492 g/mol. The Labute approximate surface area is 177 Å². The molecule has 3 aromatic rings. The fraction of sp³-hybridized carbons (Fsp3) is 0. The summed E-state index contributed by atoms with van der Waals surface area (Å²) in [6.07, 6.45) is 1.73. The zero-order valence-electron chi connectivity index (χ0n) is 13.8. The van der Waals surface area contributed by atoms with E-state index in [4.69, 9.17) is 4.42 Å². The van der Waals surface area contributed by atoms with Gasteiger partial charge in [0, 0.05) is 20.6 Å². The molecule has 1 saturated heterocycles. The van der Waals surface area contributed by atoms with E-state index in [0.29, 0.717) is 15.8 Å². The summed E-state index contributed by atoms with van der Waals surface area (Å²) in [5.74, 6) is 1.19. The van der Waals surface area contributed by atoms with Crippen molar-refractivity contribution in [2.24, 2.45) is 4.99 Å². The first-order chi connectivity index (χ1) is 13.1. The molecule has 1 N–H and O–H groups in total. The standard InChI is InChI=1S/C20H12Br2N2O2S/c21-13-6-4-12(5-7-13)17-9-8-16(26-17)11-18-19(25)24-20(27-18)23-15-3-1-2-14(22)10-15/h1-11H,(H,23,24,25)/b18-11+. The highest BCUT2D eigenvalue weighted by Crippen LogP contribution is 2.30. The maximum atomic E-state index is 12.2. The number of halogens is 2. The van der Waals surface area contributed by atoms with Gasteiger partial charge in [0.05, 0.1) is 10.6 Å². The predicted octanol–water partition coefficient (Wildman–Crippen LogP) is 6.36. The summed E-state index contributed by atoms with van der Waals surface area (Å²) < 4.78 is 7.80. The van der Waals surface area contributed by atoms with E-state index >= 15 is 0 Å². The Morgan fingerprint density at radius 3 is 2.59 bits per heavy atom. The summed E-state index contributed by atoms with van der Waals surface area (Å²) in [5.41, 5.74) is 1.74. The number of furan rings is 1. The molecule has 4 rings (SSSR count). The number of amides is 1. The van der Waals surface area contributed by atoms with Gasteiger partial charge < -0.3 is 9.73 Å². The number of thioether (sulfide) groups is 1. The zero-order chi connectivity index (χ0) is 18.8. The Morgan fingerprint density at radius 1 is 1.00 bits per heavy atom. The maximum Gasteiger partial charge on any atom is 0.264 e. The van der Waals surface area contributed by atoms with E-state index in [-0.39, 0.29) is 5.91 Å². The molecule has 2 heterocycles. The molecule has 4 nitrogen and oxygen atoms in total. The third kappa shape index (κ3) is 4.43. The highest BCUT2D eigenvalue weighted by Gasteiger charge is 2.24. The molecule has 2 aromatic carbocycles. The van der Waals surface area contributed by atoms with Crippen molar-refractivity contribution in [1.82, 2.24) is 5.32 Å². The molecular formula is C20H12Br2N2O2S. The molecule has 0 unspecified atom stereocenters. The number of nitrogens with one attached hydrogen (secondary N) is 1. The van der Waals surface area contributed by atoms with Gasteiger partial charge in [0.25, 0.3) is 5.91 Å². The average molecular weight is 504 g/mol. The van der Waals surface area contributed by atoms with Crippen molar-refractivity contribution >= 4 is 66.5 Å². The molecule has 1 amide bonds. The molecule has 0 atom stereocenters. The van der Waals surface area contributed by atoms with Gasteiger partial charge in [-0.05, 0) is 54.2 Å². The van der Waals surface area contributed by atoms with Crippen molar-refractivity contribution in [3.63, 3.8) is 0 Å². The van der Waals surface area contributed by atoms with Gasteiger partial charge in [-0.1, -0.05) is 50.1 Å². The van der Waals surface area contributed by atoms with Crippen LogP contribution in [-0.4, -0.2) is 11.1 Å². The van der Waals surface area contributed by atoms with Crippen molar-refractivity contribution in [2.75, 3.05) is 0 Å². The average Bonchev–Trinajstić information content (AvgIpc) is 3.23. The van der Waals surface area contributed by atoms with E-state index < -0.39 is 0 Å². The number of nitrogens with zero attached hydrogens (tertiary/aromatic N) is 1. The van der Waals surface area contributed by atoms with Crippen LogP contribution in [0, 0.1) is 0 Å². The van der Waals surface area contributed by atoms with E-state index in [2.05, 4.69) is 42.2 Å². The van der Waals surface area contributed by atoms with Crippen molar-refractivity contribution < 1.29 is 9.21 Å². The van der Waals surface area contributed by atoms with Crippen LogP contribution in [0.15, 0.2) is 83.9 Å². The molecule has 27 heavy (non-hydrogen) atoms. The number of benzene rings is 2. The van der Waals surface area contributed by atoms with E-state index in [0.717, 1.165) is 26.0 Å². The maximum absolute atomic E-state index is 12.2. The lowest BCUT2D eigenvalue weighted by Crippen LogP contribution is -2.19. The minimum Gasteiger partial charge on any atom is -0.457 e. The van der Waals surface area contributed by atoms with Crippen molar-refractivity contribution in [3.05, 3.63) is 80.3 Å². The SMILES string of the molecule is O=C1NC(=Nc2cccc(Br)c2)S/C1=C/c1ccc(-c2ccc(Br)cc2)o1. The van der Waals surface area contributed by atoms with Gasteiger partial charge in [-0.15, -0.1) is 0 Å². The second kappa shape index (κ2) is 7.88. The van der Waals surface area contributed by atoms with Gasteiger partial charge in [0.15, 0.2) is 5.17 Å². The summed E-state index contributed by atoms with van der Waals surface area (Å²) >= 11 is 8.13. The first-order valence-electron chi connectivity index (χ1n) is 7.98. The lowest BCUT2D eigenvalue weighted by Gasteiger charge is -1.97. The Balaban J connectivity index is 1.54. The van der Waals surface area contributed by atoms with Crippen LogP contribution >= 0.6 is 43.6 Å². The van der Waals surface area contributed by atoms with Gasteiger partial charge in [-0.25, -0.2) is 4.99 Å². The lowest BCUT2D eigenvalue weighted by atomic mass is 10.2. The molecule has 7 heteroatoms. The second-order valence-corrected chi connectivity index (χ2v) is 8.53. The first kappa shape index (κ1) is 18.3. The second-order valence-electron chi connectivity index (χ2n) is 5.67. The lowest BCUT2D eigenvalue weighted by molar-refractivity contribution is -0.115. The van der Waals surface area contributed by atoms with Gasteiger partial charge >= 0.3 is 0 Å². The number of amidine groups is 1. The Hall–Kier alpha value is -2.09. The van der Waals surface area contributed by atoms with Gasteiger partial charge in [0.1, 0.15) is 11.5 Å². The molecule has 1 fully saturated rings. The number of aliphatic imine (C=N–C) groups is 1. The van der Waals surface area contributed by atoms with Gasteiger partial charge in [-0.3, -0.25) is 4.79 Å². The summed E-state index contributed by atoms with van der Waals surface area (Å²) in [7, 11) is 0. The fourth-order valence-corrected chi connectivity index (χ4v) is 3.95. The quantitative estimate of drug-likeness (QED) is 0.423. The summed E-state index contributed by atoms with van der Waals surface area (Å²) in [6, 6.07) is 19.2.